The maximum absolute atomic E-state index is 11.6. The molecule has 0 radical (unpaired) electrons. The molecule has 1 aromatic rings. The van der Waals surface area contributed by atoms with Crippen molar-refractivity contribution in [3.05, 3.63) is 23.3 Å². The van der Waals surface area contributed by atoms with Crippen LogP contribution in [0.3, 0.4) is 0 Å². The van der Waals surface area contributed by atoms with Crippen LogP contribution in [-0.4, -0.2) is 24.4 Å². The maximum Gasteiger partial charge on any atom is 0.296 e. The van der Waals surface area contributed by atoms with Gasteiger partial charge in [0, 0.05) is 0 Å². The number of nitrogens with one attached hydrogen (secondary N) is 1. The predicted molar refractivity (Wildman–Crippen MR) is 82.3 cm³/mol. The van der Waals surface area contributed by atoms with Crippen LogP contribution in [0.25, 0.3) is 0 Å². The highest BCUT2D eigenvalue weighted by atomic mass is 32.2. The summed E-state index contributed by atoms with van der Waals surface area (Å²) in [7, 11) is -4.36. The van der Waals surface area contributed by atoms with E-state index in [0.717, 1.165) is 36.8 Å². The molecule has 1 aliphatic rings. The number of benzene rings is 1. The van der Waals surface area contributed by atoms with Crippen molar-refractivity contribution in [2.45, 2.75) is 30.6 Å². The molecule has 0 atom stereocenters. The number of hydrogen-bond acceptors (Lipinski definition) is 5. The SMILES string of the molecule is CSC(=Nc1cc2c(cc1S(=O)(=O)O)CCCC2)NC#N. The lowest BCUT2D eigenvalue weighted by Crippen LogP contribution is -2.13. The summed E-state index contributed by atoms with van der Waals surface area (Å²) >= 11 is 1.19. The van der Waals surface area contributed by atoms with E-state index in [1.807, 2.05) is 0 Å². The van der Waals surface area contributed by atoms with E-state index >= 15 is 0 Å². The first-order chi connectivity index (χ1) is 9.95. The number of hydrogen-bond donors (Lipinski definition) is 2. The molecule has 1 aromatic carbocycles. The van der Waals surface area contributed by atoms with Crippen LogP contribution in [0.2, 0.25) is 0 Å². The van der Waals surface area contributed by atoms with Gasteiger partial charge in [-0.2, -0.15) is 13.7 Å². The molecule has 0 saturated heterocycles. The molecular formula is C13H15N3O3S2. The normalized spacial score (nSPS) is 15.2. The molecule has 0 spiro atoms. The molecule has 2 N–H and O–H groups in total. The Morgan fingerprint density at radius 2 is 2.00 bits per heavy atom. The lowest BCUT2D eigenvalue weighted by molar-refractivity contribution is 0.483. The van der Waals surface area contributed by atoms with Gasteiger partial charge in [0.05, 0.1) is 5.69 Å². The van der Waals surface area contributed by atoms with Gasteiger partial charge in [0.25, 0.3) is 10.1 Å². The zero-order valence-electron chi connectivity index (χ0n) is 11.5. The second-order valence-electron chi connectivity index (χ2n) is 4.63. The fourth-order valence-corrected chi connectivity index (χ4v) is 3.32. The van der Waals surface area contributed by atoms with Gasteiger partial charge < -0.3 is 0 Å². The van der Waals surface area contributed by atoms with Gasteiger partial charge >= 0.3 is 0 Å². The molecular weight excluding hydrogens is 310 g/mol. The summed E-state index contributed by atoms with van der Waals surface area (Å²) in [5.41, 5.74) is 2.14. The number of nitrogens with zero attached hydrogens (tertiary/aromatic N) is 2. The largest absolute Gasteiger partial charge is 0.296 e. The summed E-state index contributed by atoms with van der Waals surface area (Å²) in [6.07, 6.45) is 7.18. The third-order valence-electron chi connectivity index (χ3n) is 3.28. The van der Waals surface area contributed by atoms with E-state index < -0.39 is 10.1 Å². The van der Waals surface area contributed by atoms with Gasteiger partial charge in [0.2, 0.25) is 0 Å². The standard InChI is InChI=1S/C13H15N3O3S2/c1-20-13(15-8-14)16-11-6-9-4-2-3-5-10(9)7-12(11)21(17,18)19/h6-7H,2-5H2,1H3,(H,15,16)(H,17,18,19). The van der Waals surface area contributed by atoms with Crippen LogP contribution in [0, 0.1) is 11.5 Å². The average molecular weight is 325 g/mol. The zero-order chi connectivity index (χ0) is 15.5. The van der Waals surface area contributed by atoms with E-state index in [2.05, 4.69) is 10.3 Å². The van der Waals surface area contributed by atoms with Crippen molar-refractivity contribution < 1.29 is 13.0 Å². The number of nitriles is 1. The van der Waals surface area contributed by atoms with Gasteiger partial charge in [-0.25, -0.2) is 4.99 Å². The number of thioether (sulfide) groups is 1. The van der Waals surface area contributed by atoms with E-state index in [0.29, 0.717) is 0 Å². The molecule has 0 fully saturated rings. The Labute approximate surface area is 128 Å². The Morgan fingerprint density at radius 3 is 2.52 bits per heavy atom. The highest BCUT2D eigenvalue weighted by Crippen LogP contribution is 2.32. The molecule has 6 nitrogen and oxygen atoms in total. The van der Waals surface area contributed by atoms with Gasteiger partial charge in [-0.3, -0.25) is 9.87 Å². The highest BCUT2D eigenvalue weighted by molar-refractivity contribution is 8.13. The van der Waals surface area contributed by atoms with Crippen molar-refractivity contribution in [1.82, 2.24) is 5.32 Å². The smallest absolute Gasteiger partial charge is 0.282 e. The van der Waals surface area contributed by atoms with Gasteiger partial charge in [-0.05, 0) is 55.2 Å². The molecule has 0 aromatic heterocycles. The Balaban J connectivity index is 2.60. The van der Waals surface area contributed by atoms with E-state index in [4.69, 9.17) is 5.26 Å². The summed E-state index contributed by atoms with van der Waals surface area (Å²) in [5, 5.41) is 11.3. The topological polar surface area (TPSA) is 103 Å². The van der Waals surface area contributed by atoms with Crippen LogP contribution in [0.4, 0.5) is 5.69 Å². The van der Waals surface area contributed by atoms with E-state index in [1.165, 1.54) is 17.8 Å². The molecule has 0 unspecified atom stereocenters. The average Bonchev–Trinajstić information content (AvgIpc) is 2.45. The molecule has 1 aliphatic carbocycles. The van der Waals surface area contributed by atoms with Crippen LogP contribution >= 0.6 is 11.8 Å². The van der Waals surface area contributed by atoms with E-state index in [9.17, 15) is 13.0 Å². The van der Waals surface area contributed by atoms with Gasteiger partial charge in [-0.1, -0.05) is 11.8 Å². The minimum Gasteiger partial charge on any atom is -0.282 e. The third kappa shape index (κ3) is 3.75. The van der Waals surface area contributed by atoms with Gasteiger partial charge in [0.15, 0.2) is 11.4 Å². The number of aliphatic imine (C=N–C) groups is 1. The van der Waals surface area contributed by atoms with Crippen LogP contribution in [0.15, 0.2) is 22.0 Å². The minimum absolute atomic E-state index is 0.158. The van der Waals surface area contributed by atoms with E-state index in [1.54, 1.807) is 18.5 Å². The number of aryl methyl sites for hydroxylation is 2. The molecule has 0 saturated carbocycles. The zero-order valence-corrected chi connectivity index (χ0v) is 13.1. The molecule has 8 heteroatoms. The predicted octanol–water partition coefficient (Wildman–Crippen LogP) is 2.23. The highest BCUT2D eigenvalue weighted by Gasteiger charge is 2.20. The molecule has 2 rings (SSSR count). The molecule has 112 valence electrons. The van der Waals surface area contributed by atoms with Crippen molar-refractivity contribution >= 4 is 32.7 Å². The third-order valence-corrected chi connectivity index (χ3v) is 4.74. The molecule has 0 heterocycles. The van der Waals surface area contributed by atoms with Gasteiger partial charge in [-0.15, -0.1) is 0 Å². The maximum atomic E-state index is 11.6. The number of amidine groups is 1. The fourth-order valence-electron chi connectivity index (χ4n) is 2.33. The minimum atomic E-state index is -4.36. The summed E-state index contributed by atoms with van der Waals surface area (Å²) in [5.74, 6) is 0. The van der Waals surface area contributed by atoms with E-state index in [-0.39, 0.29) is 15.8 Å². The first kappa shape index (κ1) is 15.8. The Morgan fingerprint density at radius 1 is 1.38 bits per heavy atom. The Kier molecular flexibility index (Phi) is 4.88. The Hall–Kier alpha value is -1.56. The second kappa shape index (κ2) is 6.47. The molecule has 0 aliphatic heterocycles. The summed E-state index contributed by atoms with van der Waals surface area (Å²) < 4.78 is 32.5. The van der Waals surface area contributed by atoms with Crippen LogP contribution < -0.4 is 5.32 Å². The van der Waals surface area contributed by atoms with Crippen LogP contribution in [0.1, 0.15) is 24.0 Å². The summed E-state index contributed by atoms with van der Waals surface area (Å²) in [6.45, 7) is 0. The molecule has 21 heavy (non-hydrogen) atoms. The first-order valence-electron chi connectivity index (χ1n) is 6.37. The molecule has 0 amide bonds. The number of fused-ring (bicyclic) bond motifs is 1. The van der Waals surface area contributed by atoms with Crippen molar-refractivity contribution in [3.63, 3.8) is 0 Å². The quantitative estimate of drug-likeness (QED) is 0.284. The Bertz CT molecular complexity index is 721. The lowest BCUT2D eigenvalue weighted by atomic mass is 9.91. The lowest BCUT2D eigenvalue weighted by Gasteiger charge is -2.17. The van der Waals surface area contributed by atoms with Gasteiger partial charge in [0.1, 0.15) is 4.90 Å². The fraction of sp³-hybridized carbons (Fsp3) is 0.385. The van der Waals surface area contributed by atoms with Crippen LogP contribution in [-0.2, 0) is 23.0 Å². The summed E-state index contributed by atoms with van der Waals surface area (Å²) in [4.78, 5) is 3.93. The first-order valence-corrected chi connectivity index (χ1v) is 9.03. The van der Waals surface area contributed by atoms with Crippen LogP contribution in [0.5, 0.6) is 0 Å². The van der Waals surface area contributed by atoms with Crippen molar-refractivity contribution in [2.24, 2.45) is 4.99 Å². The van der Waals surface area contributed by atoms with Crippen molar-refractivity contribution in [2.75, 3.05) is 6.26 Å². The second-order valence-corrected chi connectivity index (χ2v) is 6.81. The monoisotopic (exact) mass is 325 g/mol. The number of rotatable bonds is 2. The summed E-state index contributed by atoms with van der Waals surface area (Å²) in [6, 6.07) is 3.18. The molecule has 0 bridgehead atoms. The van der Waals surface area contributed by atoms with Crippen molar-refractivity contribution in [3.8, 4) is 6.19 Å². The van der Waals surface area contributed by atoms with Crippen molar-refractivity contribution in [1.29, 1.82) is 5.26 Å².